The molecule has 3 saturated heterocycles. The molecular weight excluding hydrogens is 582 g/mol. The number of nitrogens with one attached hydrogen (secondary N) is 2. The summed E-state index contributed by atoms with van der Waals surface area (Å²) in [6.07, 6.45) is 11.9. The van der Waals surface area contributed by atoms with Gasteiger partial charge in [-0.3, -0.25) is 19.9 Å². The van der Waals surface area contributed by atoms with Crippen molar-refractivity contribution in [2.75, 3.05) is 58.4 Å². The van der Waals surface area contributed by atoms with Crippen molar-refractivity contribution in [2.24, 2.45) is 17.0 Å². The summed E-state index contributed by atoms with van der Waals surface area (Å²) in [6.45, 7) is 2.60. The van der Waals surface area contributed by atoms with E-state index in [0.29, 0.717) is 49.9 Å². The molecule has 45 heavy (non-hydrogen) atoms. The Kier molecular flexibility index (Phi) is 7.95. The molecule has 4 amide bonds. The molecule has 232 valence electrons. The first-order valence-corrected chi connectivity index (χ1v) is 14.3. The Bertz CT molecular complexity index is 1660. The first-order valence-electron chi connectivity index (χ1n) is 14.3. The summed E-state index contributed by atoms with van der Waals surface area (Å²) >= 11 is 0. The van der Waals surface area contributed by atoms with Crippen molar-refractivity contribution >= 4 is 29.5 Å². The predicted octanol–water partition coefficient (Wildman–Crippen LogP) is -0.0574. The Morgan fingerprint density at radius 2 is 1.96 bits per heavy atom. The topological polar surface area (TPSA) is 175 Å². The third kappa shape index (κ3) is 5.69. The summed E-state index contributed by atoms with van der Waals surface area (Å²) in [5.41, 5.74) is -1.02. The van der Waals surface area contributed by atoms with Crippen LogP contribution in [0.15, 0.2) is 60.0 Å². The van der Waals surface area contributed by atoms with Gasteiger partial charge in [-0.2, -0.15) is 0 Å². The number of fused-ring (bicyclic) bond motifs is 1. The first-order chi connectivity index (χ1) is 21.8. The maximum Gasteiger partial charge on any atom is 0.323 e. The minimum absolute atomic E-state index is 0.0896. The molecule has 15 heteroatoms. The van der Waals surface area contributed by atoms with Gasteiger partial charge in [0.05, 0.1) is 32.9 Å². The number of aromatic nitrogens is 3. The molecule has 15 nitrogen and oxygen atoms in total. The zero-order valence-corrected chi connectivity index (χ0v) is 24.6. The molecule has 0 aromatic carbocycles. The van der Waals surface area contributed by atoms with Crippen LogP contribution in [0.2, 0.25) is 0 Å². The van der Waals surface area contributed by atoms with E-state index in [9.17, 15) is 19.6 Å². The highest BCUT2D eigenvalue weighted by molar-refractivity contribution is 6.09. The maximum absolute atomic E-state index is 13.3. The molecule has 3 unspecified atom stereocenters. The number of carbonyl (C=O) groups excluding carboxylic acids is 3. The van der Waals surface area contributed by atoms with Gasteiger partial charge in [0.2, 0.25) is 11.4 Å². The Morgan fingerprint density at radius 1 is 1.13 bits per heavy atom. The van der Waals surface area contributed by atoms with Crippen LogP contribution in [-0.4, -0.2) is 113 Å². The number of likely N-dealkylation sites (tertiary alicyclic amines) is 1. The van der Waals surface area contributed by atoms with E-state index in [1.165, 1.54) is 25.3 Å². The summed E-state index contributed by atoms with van der Waals surface area (Å²) in [6, 6.07) is 0.931. The van der Waals surface area contributed by atoms with Crippen LogP contribution < -0.4 is 20.3 Å². The van der Waals surface area contributed by atoms with Gasteiger partial charge >= 0.3 is 6.03 Å². The molecule has 2 aromatic rings. The number of methoxy groups -OCH3 is 2. The van der Waals surface area contributed by atoms with E-state index in [-0.39, 0.29) is 29.8 Å². The highest BCUT2D eigenvalue weighted by Gasteiger charge is 2.50. The van der Waals surface area contributed by atoms with Crippen LogP contribution in [-0.2, 0) is 14.3 Å². The van der Waals surface area contributed by atoms with Crippen molar-refractivity contribution in [3.05, 3.63) is 66.1 Å². The zero-order chi connectivity index (χ0) is 31.6. The number of imide groups is 1. The van der Waals surface area contributed by atoms with E-state index in [1.807, 2.05) is 17.1 Å². The van der Waals surface area contributed by atoms with Crippen LogP contribution in [0, 0.1) is 23.7 Å². The number of ether oxygens (including phenoxy) is 2. The van der Waals surface area contributed by atoms with Crippen LogP contribution >= 0.6 is 0 Å². The fourth-order valence-electron chi connectivity index (χ4n) is 5.86. The predicted molar refractivity (Wildman–Crippen MR) is 159 cm³/mol. The van der Waals surface area contributed by atoms with E-state index in [0.717, 1.165) is 5.82 Å². The largest absolute Gasteiger partial charge is 0.497 e. The lowest BCUT2D eigenvalue weighted by Crippen LogP contribution is -2.55. The fraction of sp³-hybridized carbons (Fsp3) is 0.367. The summed E-state index contributed by atoms with van der Waals surface area (Å²) in [4.78, 5) is 57.0. The molecule has 0 spiro atoms. The summed E-state index contributed by atoms with van der Waals surface area (Å²) in [5, 5.41) is 18.3. The number of piperazine rings is 1. The van der Waals surface area contributed by atoms with Gasteiger partial charge in [0.1, 0.15) is 11.6 Å². The van der Waals surface area contributed by atoms with Crippen molar-refractivity contribution in [3.63, 3.8) is 0 Å². The number of amides is 4. The summed E-state index contributed by atoms with van der Waals surface area (Å²) in [5.74, 6) is 6.31. The molecule has 3 fully saturated rings. The third-order valence-electron chi connectivity index (χ3n) is 8.22. The van der Waals surface area contributed by atoms with E-state index in [4.69, 9.17) is 9.47 Å². The normalized spacial score (nSPS) is 24.4. The Morgan fingerprint density at radius 3 is 2.62 bits per heavy atom. The highest BCUT2D eigenvalue weighted by atomic mass is 16.5. The number of hydrogen-bond donors (Lipinski definition) is 3. The highest BCUT2D eigenvalue weighted by Crippen LogP contribution is 2.33. The number of amidine groups is 1. The van der Waals surface area contributed by atoms with Gasteiger partial charge in [0.15, 0.2) is 17.3 Å². The number of hydrogen-bond acceptors (Lipinski definition) is 11. The monoisotopic (exact) mass is 613 g/mol. The van der Waals surface area contributed by atoms with Gasteiger partial charge in [-0.05, 0) is 24.1 Å². The fourth-order valence-corrected chi connectivity index (χ4v) is 5.86. The molecule has 6 rings (SSSR count). The summed E-state index contributed by atoms with van der Waals surface area (Å²) < 4.78 is 10.8. The maximum atomic E-state index is 13.3. The molecule has 4 aliphatic rings. The molecule has 3 aliphatic heterocycles. The van der Waals surface area contributed by atoms with E-state index in [2.05, 4.69) is 47.5 Å². The van der Waals surface area contributed by atoms with Gasteiger partial charge in [-0.25, -0.2) is 14.8 Å². The van der Waals surface area contributed by atoms with Crippen LogP contribution in [0.25, 0.3) is 0 Å². The van der Waals surface area contributed by atoms with Crippen molar-refractivity contribution in [1.82, 2.24) is 35.4 Å². The lowest BCUT2D eigenvalue weighted by Gasteiger charge is -2.36. The number of oxime groups is 1. The average Bonchev–Trinajstić information content (AvgIpc) is 3.53. The molecular formula is C30H31N9O6. The Hall–Kier alpha value is -5.65. The number of allylic oxidation sites excluding steroid dienone is 1. The van der Waals surface area contributed by atoms with Gasteiger partial charge in [0.25, 0.3) is 5.91 Å². The number of rotatable bonds is 6. The second-order valence-corrected chi connectivity index (χ2v) is 10.8. The number of urea groups is 1. The van der Waals surface area contributed by atoms with Crippen molar-refractivity contribution in [3.8, 4) is 17.6 Å². The van der Waals surface area contributed by atoms with Gasteiger partial charge in [-0.1, -0.05) is 17.2 Å². The van der Waals surface area contributed by atoms with Crippen molar-refractivity contribution in [1.29, 1.82) is 0 Å². The molecule has 3 N–H and O–H groups in total. The average molecular weight is 614 g/mol. The zero-order valence-electron chi connectivity index (χ0n) is 24.6. The standard InChI is InChI=1S/C30H31N9O6/c1-44-21-4-3-19-17-39(27(40)22(19)14-21)18-30(28(41)34-29(42)35-30)6-5-23-24(45-2)13-20(15-33-23)26(36-43)38-11-9-37(10-12-38)25-16-31-7-8-32-25/h3-4,7-8,13-16,19,22,43H,9-12,17-18H2,1-2H3,(H2,34,35,41,42). The molecule has 5 heterocycles. The first kappa shape index (κ1) is 29.4. The SMILES string of the molecule is COC1=CC2C(=O)N(CC3(C#Cc4ncc(C(=NO)N5CCN(c6cnccn6)CC5)cc4OC)NC(=O)NC3=O)CC2C=C1. The van der Waals surface area contributed by atoms with Crippen LogP contribution in [0.3, 0.4) is 0 Å². The molecule has 3 atom stereocenters. The molecule has 2 aromatic heterocycles. The van der Waals surface area contributed by atoms with Crippen LogP contribution in [0.4, 0.5) is 10.6 Å². The Balaban J connectivity index is 1.21. The van der Waals surface area contributed by atoms with Crippen molar-refractivity contribution in [2.45, 2.75) is 5.54 Å². The molecule has 0 radical (unpaired) electrons. The Labute approximate surface area is 258 Å². The third-order valence-corrected chi connectivity index (χ3v) is 8.22. The summed E-state index contributed by atoms with van der Waals surface area (Å²) in [7, 11) is 2.98. The minimum Gasteiger partial charge on any atom is -0.497 e. The smallest absolute Gasteiger partial charge is 0.323 e. The van der Waals surface area contributed by atoms with Crippen molar-refractivity contribution < 1.29 is 29.1 Å². The molecule has 0 saturated carbocycles. The van der Waals surface area contributed by atoms with Gasteiger partial charge < -0.3 is 34.7 Å². The molecule has 0 bridgehead atoms. The van der Waals surface area contributed by atoms with Crippen LogP contribution in [0.5, 0.6) is 5.75 Å². The number of carbonyl (C=O) groups is 3. The van der Waals surface area contributed by atoms with Crippen LogP contribution in [0.1, 0.15) is 11.3 Å². The van der Waals surface area contributed by atoms with E-state index >= 15 is 0 Å². The second kappa shape index (κ2) is 12.2. The number of pyridine rings is 1. The van der Waals surface area contributed by atoms with Gasteiger partial charge in [-0.15, -0.1) is 0 Å². The van der Waals surface area contributed by atoms with Gasteiger partial charge in [0, 0.05) is 62.8 Å². The number of anilines is 1. The lowest BCUT2D eigenvalue weighted by molar-refractivity contribution is -0.131. The van der Waals surface area contributed by atoms with E-state index in [1.54, 1.807) is 30.7 Å². The lowest BCUT2D eigenvalue weighted by atomic mass is 9.91. The second-order valence-electron chi connectivity index (χ2n) is 10.8. The number of nitrogens with zero attached hydrogens (tertiary/aromatic N) is 7. The molecule has 1 aliphatic carbocycles. The van der Waals surface area contributed by atoms with E-state index < -0.39 is 23.4 Å². The quantitative estimate of drug-likeness (QED) is 0.0995. The minimum atomic E-state index is -1.70.